The first-order valence-electron chi connectivity index (χ1n) is 8.56. The highest BCUT2D eigenvalue weighted by molar-refractivity contribution is 6.03. The zero-order valence-corrected chi connectivity index (χ0v) is 15.3. The van der Waals surface area contributed by atoms with Gasteiger partial charge in [0.2, 0.25) is 0 Å². The Balaban J connectivity index is 1.77. The molecule has 0 bridgehead atoms. The fraction of sp³-hybridized carbons (Fsp3) is 0.150. The molecule has 0 aliphatic rings. The van der Waals surface area contributed by atoms with E-state index in [1.54, 1.807) is 6.92 Å². The second-order valence-electron chi connectivity index (χ2n) is 5.85. The zero-order valence-electron chi connectivity index (χ0n) is 15.3. The number of nitrogens with one attached hydrogen (secondary N) is 2. The van der Waals surface area contributed by atoms with Crippen LogP contribution in [-0.4, -0.2) is 22.5 Å². The maximum absolute atomic E-state index is 13.8. The van der Waals surface area contributed by atoms with Crippen LogP contribution < -0.4 is 15.4 Å². The van der Waals surface area contributed by atoms with Crippen molar-refractivity contribution < 1.29 is 18.3 Å². The second kappa shape index (κ2) is 8.43. The number of aromatic nitrogens is 2. The molecule has 28 heavy (non-hydrogen) atoms. The number of hydrogen-bond acceptors (Lipinski definition) is 5. The molecule has 1 amide bonds. The summed E-state index contributed by atoms with van der Waals surface area (Å²) in [4.78, 5) is 20.7. The van der Waals surface area contributed by atoms with Crippen LogP contribution in [0, 0.1) is 18.6 Å². The van der Waals surface area contributed by atoms with Gasteiger partial charge in [0.15, 0.2) is 0 Å². The Morgan fingerprint density at radius 2 is 1.82 bits per heavy atom. The highest BCUT2D eigenvalue weighted by Gasteiger charge is 2.14. The largest absolute Gasteiger partial charge is 0.494 e. The Labute approximate surface area is 160 Å². The summed E-state index contributed by atoms with van der Waals surface area (Å²) < 4.78 is 32.1. The van der Waals surface area contributed by atoms with E-state index in [0.717, 1.165) is 23.6 Å². The van der Waals surface area contributed by atoms with Gasteiger partial charge in [0, 0.05) is 17.8 Å². The van der Waals surface area contributed by atoms with Gasteiger partial charge in [0.25, 0.3) is 5.91 Å². The average molecular weight is 384 g/mol. The van der Waals surface area contributed by atoms with Crippen molar-refractivity contribution in [3.8, 4) is 5.75 Å². The van der Waals surface area contributed by atoms with Gasteiger partial charge in [-0.2, -0.15) is 0 Å². The van der Waals surface area contributed by atoms with Crippen molar-refractivity contribution in [1.82, 2.24) is 9.97 Å². The number of carbonyl (C=O) groups excluding carboxylic acids is 1. The van der Waals surface area contributed by atoms with Crippen molar-refractivity contribution in [1.29, 1.82) is 0 Å². The van der Waals surface area contributed by atoms with Gasteiger partial charge in [-0.3, -0.25) is 4.79 Å². The van der Waals surface area contributed by atoms with E-state index in [1.165, 1.54) is 6.07 Å². The predicted molar refractivity (Wildman–Crippen MR) is 102 cm³/mol. The molecular formula is C20H18F2N4O2. The number of aryl methyl sites for hydroxylation is 1. The van der Waals surface area contributed by atoms with Crippen LogP contribution in [-0.2, 0) is 0 Å². The molecule has 144 valence electrons. The van der Waals surface area contributed by atoms with Gasteiger partial charge in [0.05, 0.1) is 12.3 Å². The average Bonchev–Trinajstić information content (AvgIpc) is 2.65. The van der Waals surface area contributed by atoms with E-state index in [0.29, 0.717) is 24.3 Å². The Bertz CT molecular complexity index is 994. The van der Waals surface area contributed by atoms with E-state index in [1.807, 2.05) is 31.2 Å². The smallest absolute Gasteiger partial charge is 0.274 e. The monoisotopic (exact) mass is 384 g/mol. The normalized spacial score (nSPS) is 10.4. The van der Waals surface area contributed by atoms with Crippen molar-refractivity contribution in [3.63, 3.8) is 0 Å². The fourth-order valence-electron chi connectivity index (χ4n) is 2.47. The van der Waals surface area contributed by atoms with E-state index in [9.17, 15) is 13.6 Å². The van der Waals surface area contributed by atoms with Crippen molar-refractivity contribution in [2.45, 2.75) is 13.8 Å². The second-order valence-corrected chi connectivity index (χ2v) is 5.85. The Kier molecular flexibility index (Phi) is 5.78. The van der Waals surface area contributed by atoms with Crippen molar-refractivity contribution >= 4 is 23.1 Å². The Hall–Kier alpha value is -3.55. The zero-order chi connectivity index (χ0) is 20.1. The van der Waals surface area contributed by atoms with Crippen molar-refractivity contribution in [2.24, 2.45) is 0 Å². The number of amides is 1. The van der Waals surface area contributed by atoms with Crippen LogP contribution in [0.25, 0.3) is 0 Å². The lowest BCUT2D eigenvalue weighted by molar-refractivity contribution is 0.102. The fourth-order valence-corrected chi connectivity index (χ4v) is 2.47. The van der Waals surface area contributed by atoms with Crippen LogP contribution >= 0.6 is 0 Å². The summed E-state index contributed by atoms with van der Waals surface area (Å²) >= 11 is 0. The number of anilines is 3. The van der Waals surface area contributed by atoms with Gasteiger partial charge in [-0.25, -0.2) is 18.7 Å². The van der Waals surface area contributed by atoms with Gasteiger partial charge in [-0.05, 0) is 50.2 Å². The van der Waals surface area contributed by atoms with E-state index < -0.39 is 17.5 Å². The quantitative estimate of drug-likeness (QED) is 0.656. The lowest BCUT2D eigenvalue weighted by Gasteiger charge is -2.10. The molecular weight excluding hydrogens is 366 g/mol. The third-order valence-electron chi connectivity index (χ3n) is 3.69. The molecule has 0 fully saturated rings. The molecule has 0 aliphatic carbocycles. The SMILES string of the molecule is CCOc1ccc(Nc2cc(C(=O)Nc3ccc(F)cc3F)nc(C)n2)cc1. The van der Waals surface area contributed by atoms with Crippen LogP contribution in [0.5, 0.6) is 5.75 Å². The summed E-state index contributed by atoms with van der Waals surface area (Å²) in [6.45, 7) is 4.11. The molecule has 3 rings (SSSR count). The molecule has 6 nitrogen and oxygen atoms in total. The first-order chi connectivity index (χ1) is 13.4. The number of benzene rings is 2. The molecule has 0 saturated carbocycles. The molecule has 0 radical (unpaired) electrons. The molecule has 2 N–H and O–H groups in total. The number of nitrogens with zero attached hydrogens (tertiary/aromatic N) is 2. The lowest BCUT2D eigenvalue weighted by atomic mass is 10.2. The number of ether oxygens (including phenoxy) is 1. The van der Waals surface area contributed by atoms with E-state index >= 15 is 0 Å². The molecule has 1 heterocycles. The molecule has 1 aromatic heterocycles. The number of hydrogen-bond donors (Lipinski definition) is 2. The molecule has 8 heteroatoms. The van der Waals surface area contributed by atoms with Crippen LogP contribution in [0.2, 0.25) is 0 Å². The van der Waals surface area contributed by atoms with E-state index in [4.69, 9.17) is 4.74 Å². The first kappa shape index (κ1) is 19.2. The Morgan fingerprint density at radius 1 is 1.07 bits per heavy atom. The summed E-state index contributed by atoms with van der Waals surface area (Å²) in [6, 6.07) is 11.6. The molecule has 0 atom stereocenters. The minimum absolute atomic E-state index is 0.0460. The molecule has 0 spiro atoms. The third-order valence-corrected chi connectivity index (χ3v) is 3.69. The van der Waals surface area contributed by atoms with E-state index in [-0.39, 0.29) is 11.4 Å². The van der Waals surface area contributed by atoms with Crippen LogP contribution in [0.4, 0.5) is 26.0 Å². The lowest BCUT2D eigenvalue weighted by Crippen LogP contribution is -2.16. The molecule has 0 aliphatic heterocycles. The van der Waals surface area contributed by atoms with Gasteiger partial charge < -0.3 is 15.4 Å². The summed E-state index contributed by atoms with van der Waals surface area (Å²) in [6.07, 6.45) is 0. The van der Waals surface area contributed by atoms with E-state index in [2.05, 4.69) is 20.6 Å². The Morgan fingerprint density at radius 3 is 2.50 bits per heavy atom. The highest BCUT2D eigenvalue weighted by atomic mass is 19.1. The maximum Gasteiger partial charge on any atom is 0.274 e. The van der Waals surface area contributed by atoms with Gasteiger partial charge in [0.1, 0.15) is 34.7 Å². The van der Waals surface area contributed by atoms with Gasteiger partial charge in [-0.15, -0.1) is 0 Å². The first-order valence-corrected chi connectivity index (χ1v) is 8.56. The summed E-state index contributed by atoms with van der Waals surface area (Å²) in [5, 5.41) is 5.46. The highest BCUT2D eigenvalue weighted by Crippen LogP contribution is 2.20. The number of carbonyl (C=O) groups is 1. The van der Waals surface area contributed by atoms with Crippen LogP contribution in [0.15, 0.2) is 48.5 Å². The summed E-state index contributed by atoms with van der Waals surface area (Å²) in [5.41, 5.74) is 0.658. The minimum atomic E-state index is -0.869. The number of rotatable bonds is 6. The standard InChI is InChI=1S/C20H18F2N4O2/c1-3-28-15-7-5-14(6-8-15)25-19-11-18(23-12(2)24-19)20(27)26-17-9-4-13(21)10-16(17)22/h4-11H,3H2,1-2H3,(H,26,27)(H,23,24,25). The third kappa shape index (κ3) is 4.79. The molecule has 3 aromatic rings. The summed E-state index contributed by atoms with van der Waals surface area (Å²) in [7, 11) is 0. The van der Waals surface area contributed by atoms with Crippen molar-refractivity contribution in [2.75, 3.05) is 17.2 Å². The predicted octanol–water partition coefficient (Wildman–Crippen LogP) is 4.46. The van der Waals surface area contributed by atoms with Crippen LogP contribution in [0.1, 0.15) is 23.2 Å². The van der Waals surface area contributed by atoms with Gasteiger partial charge in [-0.1, -0.05) is 0 Å². The molecule has 2 aromatic carbocycles. The van der Waals surface area contributed by atoms with Crippen molar-refractivity contribution in [3.05, 3.63) is 71.7 Å². The molecule has 0 saturated heterocycles. The molecule has 0 unspecified atom stereocenters. The number of halogens is 2. The topological polar surface area (TPSA) is 76.1 Å². The summed E-state index contributed by atoms with van der Waals surface area (Å²) in [5.74, 6) is -0.719. The van der Waals surface area contributed by atoms with Gasteiger partial charge >= 0.3 is 0 Å². The maximum atomic E-state index is 13.8. The minimum Gasteiger partial charge on any atom is -0.494 e. The van der Waals surface area contributed by atoms with Crippen LogP contribution in [0.3, 0.4) is 0 Å².